The molecule has 0 bridgehead atoms. The lowest BCUT2D eigenvalue weighted by Gasteiger charge is -2.35. The second-order valence-corrected chi connectivity index (χ2v) is 8.32. The van der Waals surface area contributed by atoms with Crippen molar-refractivity contribution in [2.24, 2.45) is 0 Å². The second-order valence-electron chi connectivity index (χ2n) is 8.32. The van der Waals surface area contributed by atoms with Crippen molar-refractivity contribution in [1.29, 1.82) is 0 Å². The maximum absolute atomic E-state index is 12.5. The number of nitrogens with one attached hydrogen (secondary N) is 3. The first kappa shape index (κ1) is 22.1. The van der Waals surface area contributed by atoms with Crippen LogP contribution in [0.25, 0.3) is 0 Å². The molecule has 2 aliphatic rings. The Hall–Kier alpha value is -3.69. The average molecular weight is 460 g/mol. The molecule has 2 fully saturated rings. The molecule has 2 amide bonds. The molecular formula is C25H29N7O2. The minimum Gasteiger partial charge on any atom is -0.371 e. The number of ether oxygens (including phenoxy) is 1. The van der Waals surface area contributed by atoms with E-state index in [1.807, 2.05) is 53.4 Å². The first-order chi connectivity index (χ1) is 16.7. The number of amides is 2. The van der Waals surface area contributed by atoms with E-state index in [0.717, 1.165) is 42.5 Å². The molecule has 9 nitrogen and oxygen atoms in total. The number of hydrogen-bond donors (Lipinski definition) is 3. The van der Waals surface area contributed by atoms with E-state index in [0.29, 0.717) is 32.1 Å². The van der Waals surface area contributed by atoms with E-state index in [2.05, 4.69) is 38.0 Å². The summed E-state index contributed by atoms with van der Waals surface area (Å²) in [6.07, 6.45) is 1.85. The summed E-state index contributed by atoms with van der Waals surface area (Å²) in [6.45, 7) is 5.15. The fraction of sp³-hybridized carbons (Fsp3) is 0.320. The average Bonchev–Trinajstić information content (AvgIpc) is 2.90. The number of rotatable bonds is 5. The van der Waals surface area contributed by atoms with Gasteiger partial charge < -0.3 is 30.5 Å². The fourth-order valence-electron chi connectivity index (χ4n) is 4.14. The molecule has 9 heteroatoms. The first-order valence-electron chi connectivity index (χ1n) is 11.6. The molecular weight excluding hydrogens is 430 g/mol. The maximum atomic E-state index is 12.5. The Morgan fingerprint density at radius 3 is 2.50 bits per heavy atom. The van der Waals surface area contributed by atoms with Crippen molar-refractivity contribution in [3.05, 3.63) is 72.4 Å². The lowest BCUT2D eigenvalue weighted by molar-refractivity contribution is 0.0277. The summed E-state index contributed by atoms with van der Waals surface area (Å²) in [7, 11) is 0. The Labute approximate surface area is 199 Å². The number of urea groups is 1. The van der Waals surface area contributed by atoms with Gasteiger partial charge in [0.25, 0.3) is 0 Å². The van der Waals surface area contributed by atoms with Crippen LogP contribution in [0, 0.1) is 0 Å². The zero-order valence-electron chi connectivity index (χ0n) is 19.0. The van der Waals surface area contributed by atoms with Gasteiger partial charge in [-0.1, -0.05) is 30.3 Å². The zero-order valence-corrected chi connectivity index (χ0v) is 19.0. The molecule has 1 aromatic heterocycles. The predicted octanol–water partition coefficient (Wildman–Crippen LogP) is 3.24. The van der Waals surface area contributed by atoms with Crippen molar-refractivity contribution >= 4 is 29.2 Å². The molecule has 1 atom stereocenters. The summed E-state index contributed by atoms with van der Waals surface area (Å²) < 4.78 is 5.82. The highest BCUT2D eigenvalue weighted by Crippen LogP contribution is 2.23. The van der Waals surface area contributed by atoms with Crippen LogP contribution in [0.15, 0.2) is 66.9 Å². The first-order valence-corrected chi connectivity index (χ1v) is 11.6. The van der Waals surface area contributed by atoms with Crippen molar-refractivity contribution in [2.45, 2.75) is 6.10 Å². The second kappa shape index (κ2) is 10.5. The van der Waals surface area contributed by atoms with Gasteiger partial charge in [0, 0.05) is 56.8 Å². The van der Waals surface area contributed by atoms with Gasteiger partial charge in [-0.05, 0) is 35.9 Å². The van der Waals surface area contributed by atoms with Gasteiger partial charge in [0.15, 0.2) is 0 Å². The van der Waals surface area contributed by atoms with Crippen LogP contribution in [0.1, 0.15) is 11.7 Å². The third kappa shape index (κ3) is 5.44. The van der Waals surface area contributed by atoms with E-state index in [1.54, 1.807) is 6.20 Å². The van der Waals surface area contributed by atoms with Gasteiger partial charge in [0.05, 0.1) is 12.7 Å². The minimum atomic E-state index is -0.0752. The number of aromatic nitrogens is 2. The SMILES string of the molecule is O=C(Nc1ccccc1)N1CCN(c2ccnc(Nc3ccc(C4CNCCO4)cc3)n2)CC1. The molecule has 2 aliphatic heterocycles. The lowest BCUT2D eigenvalue weighted by atomic mass is 10.1. The molecule has 0 radical (unpaired) electrons. The van der Waals surface area contributed by atoms with Gasteiger partial charge in [-0.15, -0.1) is 0 Å². The van der Waals surface area contributed by atoms with Crippen LogP contribution in [0.5, 0.6) is 0 Å². The number of piperazine rings is 1. The largest absolute Gasteiger partial charge is 0.371 e. The number of carbonyl (C=O) groups excluding carboxylic acids is 1. The van der Waals surface area contributed by atoms with E-state index in [1.165, 1.54) is 0 Å². The standard InChI is InChI=1S/C25H29N7O2/c33-25(29-20-4-2-1-3-5-20)32-15-13-31(14-16-32)23-10-11-27-24(30-23)28-21-8-6-19(7-9-21)22-18-26-12-17-34-22/h1-11,22,26H,12-18H2,(H,29,33)(H,27,28,30). The van der Waals surface area contributed by atoms with Gasteiger partial charge in [0.1, 0.15) is 5.82 Å². The smallest absolute Gasteiger partial charge is 0.321 e. The molecule has 0 aliphatic carbocycles. The van der Waals surface area contributed by atoms with Crippen molar-refractivity contribution < 1.29 is 9.53 Å². The van der Waals surface area contributed by atoms with Crippen LogP contribution < -0.4 is 20.9 Å². The minimum absolute atomic E-state index is 0.0752. The molecule has 2 saturated heterocycles. The molecule has 0 spiro atoms. The number of hydrogen-bond acceptors (Lipinski definition) is 7. The van der Waals surface area contributed by atoms with Crippen molar-refractivity contribution in [2.75, 3.05) is 61.4 Å². The predicted molar refractivity (Wildman–Crippen MR) is 133 cm³/mol. The van der Waals surface area contributed by atoms with Gasteiger partial charge in [-0.25, -0.2) is 9.78 Å². The summed E-state index contributed by atoms with van der Waals surface area (Å²) in [5.41, 5.74) is 2.88. The third-order valence-electron chi connectivity index (χ3n) is 6.02. The Morgan fingerprint density at radius 2 is 1.76 bits per heavy atom. The lowest BCUT2D eigenvalue weighted by Crippen LogP contribution is -2.50. The molecule has 3 N–H and O–H groups in total. The van der Waals surface area contributed by atoms with E-state index < -0.39 is 0 Å². The summed E-state index contributed by atoms with van der Waals surface area (Å²) >= 11 is 0. The highest BCUT2D eigenvalue weighted by Gasteiger charge is 2.22. The Morgan fingerprint density at radius 1 is 0.971 bits per heavy atom. The molecule has 3 heterocycles. The van der Waals surface area contributed by atoms with E-state index in [-0.39, 0.29) is 12.1 Å². The van der Waals surface area contributed by atoms with Crippen LogP contribution in [0.2, 0.25) is 0 Å². The van der Waals surface area contributed by atoms with Crippen molar-refractivity contribution in [3.8, 4) is 0 Å². The van der Waals surface area contributed by atoms with E-state index in [9.17, 15) is 4.79 Å². The number of para-hydroxylation sites is 1. The summed E-state index contributed by atoms with van der Waals surface area (Å²) in [5, 5.41) is 9.59. The number of nitrogens with zero attached hydrogens (tertiary/aromatic N) is 4. The zero-order chi connectivity index (χ0) is 23.2. The van der Waals surface area contributed by atoms with Crippen LogP contribution in [0.3, 0.4) is 0 Å². The van der Waals surface area contributed by atoms with E-state index in [4.69, 9.17) is 9.72 Å². The summed E-state index contributed by atoms with van der Waals surface area (Å²) in [6, 6.07) is 19.5. The Kier molecular flexibility index (Phi) is 6.83. The molecule has 34 heavy (non-hydrogen) atoms. The number of morpholine rings is 1. The molecule has 1 unspecified atom stereocenters. The van der Waals surface area contributed by atoms with Gasteiger partial charge in [-0.2, -0.15) is 4.98 Å². The molecule has 5 rings (SSSR count). The monoisotopic (exact) mass is 459 g/mol. The molecule has 2 aromatic carbocycles. The Balaban J connectivity index is 1.16. The van der Waals surface area contributed by atoms with Gasteiger partial charge in [-0.3, -0.25) is 0 Å². The Bertz CT molecular complexity index is 1080. The topological polar surface area (TPSA) is 94.7 Å². The molecule has 0 saturated carbocycles. The maximum Gasteiger partial charge on any atom is 0.321 e. The summed E-state index contributed by atoms with van der Waals surface area (Å²) in [5.74, 6) is 1.39. The highest BCUT2D eigenvalue weighted by atomic mass is 16.5. The van der Waals surface area contributed by atoms with Crippen molar-refractivity contribution in [1.82, 2.24) is 20.2 Å². The van der Waals surface area contributed by atoms with Crippen LogP contribution in [-0.4, -0.2) is 66.8 Å². The van der Waals surface area contributed by atoms with Crippen LogP contribution >= 0.6 is 0 Å². The van der Waals surface area contributed by atoms with Crippen molar-refractivity contribution in [3.63, 3.8) is 0 Å². The van der Waals surface area contributed by atoms with Crippen LogP contribution in [-0.2, 0) is 4.74 Å². The van der Waals surface area contributed by atoms with E-state index >= 15 is 0 Å². The molecule has 3 aromatic rings. The van der Waals surface area contributed by atoms with Gasteiger partial charge >= 0.3 is 6.03 Å². The fourth-order valence-corrected chi connectivity index (χ4v) is 4.14. The third-order valence-corrected chi connectivity index (χ3v) is 6.02. The summed E-state index contributed by atoms with van der Waals surface area (Å²) in [4.78, 5) is 25.6. The normalized spacial score (nSPS) is 18.4. The highest BCUT2D eigenvalue weighted by molar-refractivity contribution is 5.89. The molecule has 176 valence electrons. The van der Waals surface area contributed by atoms with Crippen LogP contribution in [0.4, 0.5) is 27.9 Å². The van der Waals surface area contributed by atoms with Gasteiger partial charge in [0.2, 0.25) is 5.95 Å². The number of anilines is 4. The number of carbonyl (C=O) groups is 1. The number of benzene rings is 2. The quantitative estimate of drug-likeness (QED) is 0.539.